The first kappa shape index (κ1) is 12.7. The first-order valence-corrected chi connectivity index (χ1v) is 6.86. The quantitative estimate of drug-likeness (QED) is 0.788. The molecule has 3 N–H and O–H groups in total. The summed E-state index contributed by atoms with van der Waals surface area (Å²) in [7, 11) is 0. The summed E-state index contributed by atoms with van der Waals surface area (Å²) >= 11 is 0. The maximum absolute atomic E-state index is 12.0. The second kappa shape index (κ2) is 5.36. The molecule has 1 atom stereocenters. The van der Waals surface area contributed by atoms with E-state index < -0.39 is 0 Å². The molecule has 1 aliphatic carbocycles. The van der Waals surface area contributed by atoms with Crippen molar-refractivity contribution in [1.29, 1.82) is 0 Å². The molecule has 0 spiro atoms. The zero-order valence-corrected chi connectivity index (χ0v) is 11.4. The number of nitrogens with one attached hydrogen (secondary N) is 3. The van der Waals surface area contributed by atoms with Crippen LogP contribution in [-0.4, -0.2) is 32.1 Å². The molecule has 2 aromatic heterocycles. The minimum Gasteiger partial charge on any atom is -0.335 e. The van der Waals surface area contributed by atoms with Crippen LogP contribution in [-0.2, 0) is 19.4 Å². The first-order chi connectivity index (χ1) is 9.76. The SMILES string of the molecule is CCn1nccc1NC(=O)NC1CCc2cn[nH]c2C1. The largest absolute Gasteiger partial charge is 0.335 e. The Labute approximate surface area is 116 Å². The van der Waals surface area contributed by atoms with Gasteiger partial charge in [0, 0.05) is 30.8 Å². The maximum atomic E-state index is 12.0. The fourth-order valence-electron chi connectivity index (χ4n) is 2.56. The summed E-state index contributed by atoms with van der Waals surface area (Å²) < 4.78 is 1.74. The van der Waals surface area contributed by atoms with Gasteiger partial charge in [0.1, 0.15) is 5.82 Å². The number of aryl methyl sites for hydroxylation is 2. The van der Waals surface area contributed by atoms with Gasteiger partial charge in [-0.2, -0.15) is 10.2 Å². The number of aromatic amines is 1. The highest BCUT2D eigenvalue weighted by Gasteiger charge is 2.21. The molecule has 0 saturated heterocycles. The molecular weight excluding hydrogens is 256 g/mol. The van der Waals surface area contributed by atoms with Gasteiger partial charge in [-0.25, -0.2) is 9.48 Å². The van der Waals surface area contributed by atoms with Crippen molar-refractivity contribution < 1.29 is 4.79 Å². The van der Waals surface area contributed by atoms with Crippen molar-refractivity contribution in [2.45, 2.75) is 38.8 Å². The summed E-state index contributed by atoms with van der Waals surface area (Å²) in [5.41, 5.74) is 2.38. The fourth-order valence-corrected chi connectivity index (χ4v) is 2.56. The van der Waals surface area contributed by atoms with Crippen LogP contribution in [0.15, 0.2) is 18.5 Å². The number of carbonyl (C=O) groups is 1. The Kier molecular flexibility index (Phi) is 3.41. The van der Waals surface area contributed by atoms with Crippen LogP contribution in [0.25, 0.3) is 0 Å². The zero-order valence-electron chi connectivity index (χ0n) is 11.4. The molecule has 106 valence electrons. The van der Waals surface area contributed by atoms with Crippen LogP contribution in [0.3, 0.4) is 0 Å². The molecule has 20 heavy (non-hydrogen) atoms. The van der Waals surface area contributed by atoms with Crippen molar-refractivity contribution >= 4 is 11.8 Å². The van der Waals surface area contributed by atoms with E-state index in [2.05, 4.69) is 25.9 Å². The molecular formula is C13H18N6O. The van der Waals surface area contributed by atoms with Crippen LogP contribution in [0.5, 0.6) is 0 Å². The Morgan fingerprint density at radius 2 is 2.50 bits per heavy atom. The van der Waals surface area contributed by atoms with E-state index in [1.165, 1.54) is 5.56 Å². The van der Waals surface area contributed by atoms with Crippen LogP contribution in [0, 0.1) is 0 Å². The Morgan fingerprint density at radius 3 is 3.35 bits per heavy atom. The van der Waals surface area contributed by atoms with E-state index in [1.807, 2.05) is 13.1 Å². The number of H-pyrrole nitrogens is 1. The lowest BCUT2D eigenvalue weighted by molar-refractivity contribution is 0.247. The van der Waals surface area contributed by atoms with Crippen molar-refractivity contribution in [2.75, 3.05) is 5.32 Å². The van der Waals surface area contributed by atoms with Crippen LogP contribution in [0.4, 0.5) is 10.6 Å². The molecule has 0 bridgehead atoms. The molecule has 3 rings (SSSR count). The summed E-state index contributed by atoms with van der Waals surface area (Å²) in [6.07, 6.45) is 6.23. The van der Waals surface area contributed by atoms with E-state index >= 15 is 0 Å². The number of hydrogen-bond donors (Lipinski definition) is 3. The topological polar surface area (TPSA) is 87.6 Å². The van der Waals surface area contributed by atoms with Crippen LogP contribution < -0.4 is 10.6 Å². The summed E-state index contributed by atoms with van der Waals surface area (Å²) in [6.45, 7) is 2.71. The lowest BCUT2D eigenvalue weighted by atomic mass is 9.94. The zero-order chi connectivity index (χ0) is 13.9. The monoisotopic (exact) mass is 274 g/mol. The third kappa shape index (κ3) is 2.52. The number of amides is 2. The standard InChI is InChI=1S/C13H18N6O/c1-2-19-12(5-6-15-19)17-13(20)16-10-4-3-9-8-14-18-11(9)7-10/h5-6,8,10H,2-4,7H2,1H3,(H,14,18)(H2,16,17,20). The first-order valence-electron chi connectivity index (χ1n) is 6.86. The lowest BCUT2D eigenvalue weighted by Gasteiger charge is -2.22. The van der Waals surface area contributed by atoms with Gasteiger partial charge in [0.05, 0.1) is 12.4 Å². The van der Waals surface area contributed by atoms with Crippen molar-refractivity contribution in [3.8, 4) is 0 Å². The number of fused-ring (bicyclic) bond motifs is 1. The summed E-state index contributed by atoms with van der Waals surface area (Å²) in [5.74, 6) is 0.711. The van der Waals surface area contributed by atoms with E-state index in [0.717, 1.165) is 31.5 Å². The Morgan fingerprint density at radius 1 is 1.60 bits per heavy atom. The second-order valence-electron chi connectivity index (χ2n) is 4.94. The average molecular weight is 274 g/mol. The third-order valence-electron chi connectivity index (χ3n) is 3.61. The highest BCUT2D eigenvalue weighted by molar-refractivity contribution is 5.88. The van der Waals surface area contributed by atoms with Crippen molar-refractivity contribution in [3.05, 3.63) is 29.7 Å². The number of nitrogens with zero attached hydrogens (tertiary/aromatic N) is 3. The maximum Gasteiger partial charge on any atom is 0.320 e. The van der Waals surface area contributed by atoms with Gasteiger partial charge in [0.2, 0.25) is 0 Å². The van der Waals surface area contributed by atoms with Gasteiger partial charge in [-0.3, -0.25) is 10.4 Å². The minimum atomic E-state index is -0.187. The molecule has 0 aliphatic heterocycles. The number of carbonyl (C=O) groups excluding carboxylic acids is 1. The van der Waals surface area contributed by atoms with E-state index in [4.69, 9.17) is 0 Å². The molecule has 2 aromatic rings. The predicted molar refractivity (Wildman–Crippen MR) is 74.5 cm³/mol. The summed E-state index contributed by atoms with van der Waals surface area (Å²) in [4.78, 5) is 12.0. The molecule has 2 heterocycles. The third-order valence-corrected chi connectivity index (χ3v) is 3.61. The van der Waals surface area contributed by atoms with E-state index in [0.29, 0.717) is 5.82 Å². The van der Waals surface area contributed by atoms with Gasteiger partial charge >= 0.3 is 6.03 Å². The predicted octanol–water partition coefficient (Wildman–Crippen LogP) is 1.31. The molecule has 0 aromatic carbocycles. The average Bonchev–Trinajstić information content (AvgIpc) is 3.06. The molecule has 2 amide bonds. The molecule has 0 saturated carbocycles. The van der Waals surface area contributed by atoms with Crippen LogP contribution >= 0.6 is 0 Å². The minimum absolute atomic E-state index is 0.140. The van der Waals surface area contributed by atoms with E-state index in [1.54, 1.807) is 16.9 Å². The molecule has 0 radical (unpaired) electrons. The van der Waals surface area contributed by atoms with Gasteiger partial charge in [-0.15, -0.1) is 0 Å². The second-order valence-corrected chi connectivity index (χ2v) is 4.94. The molecule has 1 unspecified atom stereocenters. The van der Waals surface area contributed by atoms with Crippen molar-refractivity contribution in [2.24, 2.45) is 0 Å². The number of hydrogen-bond acceptors (Lipinski definition) is 3. The Bertz CT molecular complexity index is 602. The molecule has 0 fully saturated rings. The van der Waals surface area contributed by atoms with Crippen molar-refractivity contribution in [1.82, 2.24) is 25.3 Å². The normalized spacial score (nSPS) is 17.6. The van der Waals surface area contributed by atoms with Gasteiger partial charge < -0.3 is 5.32 Å². The van der Waals surface area contributed by atoms with Crippen LogP contribution in [0.2, 0.25) is 0 Å². The van der Waals surface area contributed by atoms with Gasteiger partial charge in [0.15, 0.2) is 0 Å². The Hall–Kier alpha value is -2.31. The molecule has 7 heteroatoms. The molecule has 1 aliphatic rings. The smallest absolute Gasteiger partial charge is 0.320 e. The number of rotatable bonds is 3. The van der Waals surface area contributed by atoms with Gasteiger partial charge in [-0.05, 0) is 25.3 Å². The van der Waals surface area contributed by atoms with Gasteiger partial charge in [0.25, 0.3) is 0 Å². The molecule has 7 nitrogen and oxygen atoms in total. The summed E-state index contributed by atoms with van der Waals surface area (Å²) in [6, 6.07) is 1.74. The Balaban J connectivity index is 1.57. The highest BCUT2D eigenvalue weighted by Crippen LogP contribution is 2.18. The number of anilines is 1. The van der Waals surface area contributed by atoms with E-state index in [9.17, 15) is 4.79 Å². The lowest BCUT2D eigenvalue weighted by Crippen LogP contribution is -2.41. The highest BCUT2D eigenvalue weighted by atomic mass is 16.2. The van der Waals surface area contributed by atoms with Crippen LogP contribution in [0.1, 0.15) is 24.6 Å². The van der Waals surface area contributed by atoms with E-state index in [-0.39, 0.29) is 12.1 Å². The van der Waals surface area contributed by atoms with Gasteiger partial charge in [-0.1, -0.05) is 0 Å². The fraction of sp³-hybridized carbons (Fsp3) is 0.462. The van der Waals surface area contributed by atoms with Crippen molar-refractivity contribution in [3.63, 3.8) is 0 Å². The number of urea groups is 1. The summed E-state index contributed by atoms with van der Waals surface area (Å²) in [5, 5.41) is 17.0. The number of aromatic nitrogens is 4.